The van der Waals surface area contributed by atoms with Crippen LogP contribution in [-0.2, 0) is 9.53 Å². The van der Waals surface area contributed by atoms with Crippen molar-refractivity contribution >= 4 is 24.8 Å². The van der Waals surface area contributed by atoms with E-state index >= 15 is 0 Å². The fraction of sp³-hybridized carbons (Fsp3) is 0.800. The van der Waals surface area contributed by atoms with Gasteiger partial charge < -0.3 is 9.84 Å². The molecule has 0 aromatic carbocycles. The van der Waals surface area contributed by atoms with Crippen LogP contribution < -0.4 is 0 Å². The van der Waals surface area contributed by atoms with Gasteiger partial charge in [-0.3, -0.25) is 4.79 Å². The van der Waals surface area contributed by atoms with Crippen LogP contribution in [0.4, 0.5) is 0 Å². The standard InChI is InChI=1S/C5H8O3.Li/c6-5(7)1-4-2-8-3-4;/h4H,1-3H2,(H,6,7);. The minimum Gasteiger partial charge on any atom is -0.481 e. The number of aliphatic carboxylic acids is 1. The molecule has 1 N–H and O–H groups in total. The number of carboxylic acid groups (broad SMARTS) is 1. The summed E-state index contributed by atoms with van der Waals surface area (Å²) in [5, 5.41) is 8.19. The molecule has 1 rings (SSSR count). The normalized spacial score (nSPS) is 17.8. The second-order valence-corrected chi connectivity index (χ2v) is 2.00. The molecule has 3 nitrogen and oxygen atoms in total. The molecule has 0 aromatic rings. The first-order valence-corrected chi connectivity index (χ1v) is 2.58. The predicted molar refractivity (Wildman–Crippen MR) is 32.3 cm³/mol. The zero-order valence-electron chi connectivity index (χ0n) is 5.46. The minimum absolute atomic E-state index is 0. The minimum atomic E-state index is -0.724. The molecular weight excluding hydrogens is 115 g/mol. The van der Waals surface area contributed by atoms with Crippen molar-refractivity contribution in [2.45, 2.75) is 6.42 Å². The average Bonchev–Trinajstić information content (AvgIpc) is 1.55. The summed E-state index contributed by atoms with van der Waals surface area (Å²) in [6, 6.07) is 0. The monoisotopic (exact) mass is 123 g/mol. The summed E-state index contributed by atoms with van der Waals surface area (Å²) >= 11 is 0. The number of carboxylic acids is 1. The third-order valence-corrected chi connectivity index (χ3v) is 1.17. The van der Waals surface area contributed by atoms with Gasteiger partial charge in [0.2, 0.25) is 0 Å². The Kier molecular flexibility index (Phi) is 3.95. The zero-order valence-corrected chi connectivity index (χ0v) is 5.46. The molecule has 1 aliphatic heterocycles. The van der Waals surface area contributed by atoms with Crippen molar-refractivity contribution in [3.8, 4) is 0 Å². The van der Waals surface area contributed by atoms with Crippen LogP contribution in [0.2, 0.25) is 0 Å². The van der Waals surface area contributed by atoms with E-state index < -0.39 is 5.97 Å². The van der Waals surface area contributed by atoms with Crippen LogP contribution in [0.3, 0.4) is 0 Å². The second-order valence-electron chi connectivity index (χ2n) is 2.00. The van der Waals surface area contributed by atoms with Crippen LogP contribution in [0.1, 0.15) is 6.42 Å². The molecule has 1 saturated heterocycles. The molecule has 9 heavy (non-hydrogen) atoms. The van der Waals surface area contributed by atoms with Gasteiger partial charge in [0.1, 0.15) is 0 Å². The van der Waals surface area contributed by atoms with E-state index in [-0.39, 0.29) is 31.2 Å². The summed E-state index contributed by atoms with van der Waals surface area (Å²) in [7, 11) is 0. The van der Waals surface area contributed by atoms with E-state index in [9.17, 15) is 4.79 Å². The molecule has 1 fully saturated rings. The van der Waals surface area contributed by atoms with Gasteiger partial charge in [0, 0.05) is 24.8 Å². The smallest absolute Gasteiger partial charge is 0.303 e. The zero-order chi connectivity index (χ0) is 5.98. The first-order valence-electron chi connectivity index (χ1n) is 2.58. The topological polar surface area (TPSA) is 46.5 Å². The van der Waals surface area contributed by atoms with E-state index in [1.165, 1.54) is 0 Å². The summed E-state index contributed by atoms with van der Waals surface area (Å²) in [6.07, 6.45) is 0.264. The molecule has 0 bridgehead atoms. The first-order chi connectivity index (χ1) is 3.79. The number of hydrogen-bond acceptors (Lipinski definition) is 2. The van der Waals surface area contributed by atoms with Crippen molar-refractivity contribution in [3.63, 3.8) is 0 Å². The maximum absolute atomic E-state index is 9.95. The average molecular weight is 123 g/mol. The molecule has 0 saturated carbocycles. The molecule has 1 heterocycles. The summed E-state index contributed by atoms with van der Waals surface area (Å²) in [5.41, 5.74) is 0. The molecule has 0 unspecified atom stereocenters. The summed E-state index contributed by atoms with van der Waals surface area (Å²) in [4.78, 5) is 9.95. The van der Waals surface area contributed by atoms with Crippen LogP contribution in [0.5, 0.6) is 0 Å². The SMILES string of the molecule is O=C(O)CC1COC1.[Li]. The first kappa shape index (κ1) is 9.03. The van der Waals surface area contributed by atoms with E-state index in [0.29, 0.717) is 13.2 Å². The molecule has 1 aliphatic rings. The van der Waals surface area contributed by atoms with Gasteiger partial charge in [0.25, 0.3) is 0 Å². The molecule has 0 atom stereocenters. The second kappa shape index (κ2) is 3.94. The molecular formula is C5H8LiO3. The van der Waals surface area contributed by atoms with Crippen LogP contribution in [0.15, 0.2) is 0 Å². The molecule has 0 aromatic heterocycles. The van der Waals surface area contributed by atoms with Gasteiger partial charge in [-0.05, 0) is 0 Å². The van der Waals surface area contributed by atoms with E-state index in [1.54, 1.807) is 0 Å². The molecule has 47 valence electrons. The van der Waals surface area contributed by atoms with E-state index in [1.807, 2.05) is 0 Å². The van der Waals surface area contributed by atoms with Crippen molar-refractivity contribution in [1.82, 2.24) is 0 Å². The van der Waals surface area contributed by atoms with Crippen molar-refractivity contribution in [1.29, 1.82) is 0 Å². The van der Waals surface area contributed by atoms with Gasteiger partial charge in [-0.2, -0.15) is 0 Å². The van der Waals surface area contributed by atoms with Gasteiger partial charge in [-0.25, -0.2) is 0 Å². The van der Waals surface area contributed by atoms with Crippen LogP contribution in [0, 0.1) is 5.92 Å². The Morgan fingerprint density at radius 1 is 1.67 bits per heavy atom. The number of carbonyl (C=O) groups is 1. The van der Waals surface area contributed by atoms with Crippen molar-refractivity contribution in [2.75, 3.05) is 13.2 Å². The quantitative estimate of drug-likeness (QED) is 0.514. The Balaban J connectivity index is 0.000000640. The third-order valence-electron chi connectivity index (χ3n) is 1.17. The Bertz CT molecular complexity index is 100. The molecule has 4 heteroatoms. The Morgan fingerprint density at radius 3 is 2.33 bits per heavy atom. The van der Waals surface area contributed by atoms with Crippen molar-refractivity contribution in [3.05, 3.63) is 0 Å². The molecule has 0 aliphatic carbocycles. The van der Waals surface area contributed by atoms with Gasteiger partial charge in [0.15, 0.2) is 0 Å². The van der Waals surface area contributed by atoms with Gasteiger partial charge in [0.05, 0.1) is 19.6 Å². The van der Waals surface area contributed by atoms with E-state index in [0.717, 1.165) is 0 Å². The third kappa shape index (κ3) is 2.90. The number of rotatable bonds is 2. The number of ether oxygens (including phenoxy) is 1. The summed E-state index contributed by atoms with van der Waals surface area (Å²) in [6.45, 7) is 1.26. The Labute approximate surface area is 65.6 Å². The Hall–Kier alpha value is 0.0274. The predicted octanol–water partition coefficient (Wildman–Crippen LogP) is -0.273. The molecule has 0 spiro atoms. The fourth-order valence-electron chi connectivity index (χ4n) is 0.649. The number of hydrogen-bond donors (Lipinski definition) is 1. The van der Waals surface area contributed by atoms with Gasteiger partial charge >= 0.3 is 5.97 Å². The summed E-state index contributed by atoms with van der Waals surface area (Å²) in [5.74, 6) is -0.439. The van der Waals surface area contributed by atoms with Crippen LogP contribution in [0.25, 0.3) is 0 Å². The van der Waals surface area contributed by atoms with E-state index in [4.69, 9.17) is 9.84 Å². The Morgan fingerprint density at radius 2 is 2.22 bits per heavy atom. The summed E-state index contributed by atoms with van der Waals surface area (Å²) < 4.78 is 4.77. The van der Waals surface area contributed by atoms with Gasteiger partial charge in [-0.1, -0.05) is 0 Å². The molecule has 1 radical (unpaired) electrons. The largest absolute Gasteiger partial charge is 0.481 e. The molecule has 0 amide bonds. The van der Waals surface area contributed by atoms with Crippen molar-refractivity contribution < 1.29 is 14.6 Å². The van der Waals surface area contributed by atoms with E-state index in [2.05, 4.69) is 0 Å². The maximum Gasteiger partial charge on any atom is 0.303 e. The van der Waals surface area contributed by atoms with Crippen molar-refractivity contribution in [2.24, 2.45) is 5.92 Å². The van der Waals surface area contributed by atoms with Crippen LogP contribution >= 0.6 is 0 Å². The fourth-order valence-corrected chi connectivity index (χ4v) is 0.649. The van der Waals surface area contributed by atoms with Crippen LogP contribution in [-0.4, -0.2) is 43.2 Å². The maximum atomic E-state index is 9.95. The van der Waals surface area contributed by atoms with Gasteiger partial charge in [-0.15, -0.1) is 0 Å².